The number of halogens is 3. The van der Waals surface area contributed by atoms with Gasteiger partial charge < -0.3 is 16.4 Å². The topological polar surface area (TPSA) is 125 Å². The normalized spacial score (nSPS) is 20.7. The van der Waals surface area contributed by atoms with Crippen molar-refractivity contribution in [1.82, 2.24) is 24.5 Å². The molecule has 12 heteroatoms. The van der Waals surface area contributed by atoms with Crippen LogP contribution in [0.15, 0.2) is 36.5 Å². The number of nitrogens with zero attached hydrogens (tertiary/aromatic N) is 5. The van der Waals surface area contributed by atoms with Gasteiger partial charge in [-0.15, -0.1) is 0 Å². The van der Waals surface area contributed by atoms with E-state index in [2.05, 4.69) is 22.0 Å². The number of carbonyl (C=O) groups is 2. The van der Waals surface area contributed by atoms with Crippen LogP contribution in [-0.2, 0) is 17.5 Å². The van der Waals surface area contributed by atoms with Crippen molar-refractivity contribution in [3.63, 3.8) is 0 Å². The Kier molecular flexibility index (Phi) is 6.17. The van der Waals surface area contributed by atoms with Gasteiger partial charge in [-0.05, 0) is 61.3 Å². The minimum Gasteiger partial charge on any atom is -0.383 e. The Hall–Kier alpha value is -4.27. The summed E-state index contributed by atoms with van der Waals surface area (Å²) in [6, 6.07) is 6.56. The zero-order valence-corrected chi connectivity index (χ0v) is 20.6. The highest BCUT2D eigenvalue weighted by molar-refractivity contribution is 6.03. The first kappa shape index (κ1) is 25.4. The molecule has 1 saturated carbocycles. The molecule has 0 unspecified atom stereocenters. The van der Waals surface area contributed by atoms with Crippen LogP contribution in [0.25, 0.3) is 11.4 Å². The highest BCUT2D eigenvalue weighted by Gasteiger charge is 2.51. The predicted molar refractivity (Wildman–Crippen MR) is 132 cm³/mol. The number of hydrogen-bond acceptors (Lipinski definition) is 5. The summed E-state index contributed by atoms with van der Waals surface area (Å²) in [4.78, 5) is 26.2. The van der Waals surface area contributed by atoms with Crippen molar-refractivity contribution in [3.05, 3.63) is 53.2 Å². The summed E-state index contributed by atoms with van der Waals surface area (Å²) in [5.41, 5.74) is 12.2. The van der Waals surface area contributed by atoms with Crippen molar-refractivity contribution in [2.45, 2.75) is 44.9 Å². The summed E-state index contributed by atoms with van der Waals surface area (Å²) in [5, 5.41) is 9.02. The average molecular weight is 526 g/mol. The molecule has 3 heterocycles. The fourth-order valence-electron chi connectivity index (χ4n) is 5.50. The zero-order valence-electron chi connectivity index (χ0n) is 20.6. The lowest BCUT2D eigenvalue weighted by molar-refractivity contribution is -0.137. The van der Waals surface area contributed by atoms with Gasteiger partial charge in [-0.2, -0.15) is 23.4 Å². The maximum atomic E-state index is 13.1. The fraction of sp³-hybridized carbons (Fsp3) is 0.385. The predicted octanol–water partition coefficient (Wildman–Crippen LogP) is 3.07. The van der Waals surface area contributed by atoms with E-state index in [1.807, 2.05) is 0 Å². The first-order chi connectivity index (χ1) is 18.0. The molecule has 0 bridgehead atoms. The van der Waals surface area contributed by atoms with Gasteiger partial charge in [0, 0.05) is 19.3 Å². The number of hydrogen-bond donors (Lipinski definition) is 2. The molecule has 0 radical (unpaired) electrons. The van der Waals surface area contributed by atoms with E-state index in [1.165, 1.54) is 10.7 Å². The number of carbonyl (C=O) groups excluding carboxylic acids is 2. The molecule has 2 amide bonds. The Labute approximate surface area is 216 Å². The van der Waals surface area contributed by atoms with Gasteiger partial charge in [0.25, 0.3) is 11.8 Å². The third-order valence-corrected chi connectivity index (χ3v) is 7.32. The van der Waals surface area contributed by atoms with Crippen LogP contribution in [0.2, 0.25) is 0 Å². The molecule has 1 aliphatic carbocycles. The SMILES string of the molecule is CC#CC(=O)N1CC[C@]2(C1)C[C@H](n1nc(-c3ccn(Cc4cccc(C(F)(F)F)c4)n3)c(C(N)=O)c1N)C2. The smallest absolute Gasteiger partial charge is 0.383 e. The summed E-state index contributed by atoms with van der Waals surface area (Å²) < 4.78 is 42.3. The number of primary amides is 1. The molecule has 2 fully saturated rings. The number of alkyl halides is 3. The molecule has 1 spiro atoms. The Balaban J connectivity index is 1.35. The van der Waals surface area contributed by atoms with Crippen molar-refractivity contribution < 1.29 is 22.8 Å². The molecule has 1 aliphatic heterocycles. The van der Waals surface area contributed by atoms with Crippen molar-refractivity contribution in [1.29, 1.82) is 0 Å². The lowest BCUT2D eigenvalue weighted by Crippen LogP contribution is -2.42. The molecule has 4 N–H and O–H groups in total. The first-order valence-electron chi connectivity index (χ1n) is 12.1. The number of amides is 2. The van der Waals surface area contributed by atoms with Crippen LogP contribution in [0.3, 0.4) is 0 Å². The van der Waals surface area contributed by atoms with Crippen LogP contribution < -0.4 is 11.5 Å². The maximum absolute atomic E-state index is 13.1. The molecule has 0 atom stereocenters. The molecule has 198 valence electrons. The highest BCUT2D eigenvalue weighted by atomic mass is 19.4. The van der Waals surface area contributed by atoms with E-state index in [0.29, 0.717) is 24.3 Å². The number of nitrogens with two attached hydrogens (primary N) is 2. The molecule has 5 rings (SSSR count). The van der Waals surface area contributed by atoms with Gasteiger partial charge in [-0.3, -0.25) is 14.3 Å². The van der Waals surface area contributed by atoms with Crippen molar-refractivity contribution in [2.75, 3.05) is 18.8 Å². The van der Waals surface area contributed by atoms with Crippen LogP contribution in [0.4, 0.5) is 19.0 Å². The Morgan fingerprint density at radius 3 is 2.66 bits per heavy atom. The van der Waals surface area contributed by atoms with Crippen LogP contribution in [0, 0.1) is 17.3 Å². The standard InChI is InChI=1S/C26H26F3N7O2/c1-2-4-20(37)34-10-8-25(15-34)12-18(13-25)36-23(30)21(24(31)38)22(33-36)19-7-9-35(32-19)14-16-5-3-6-17(11-16)26(27,28)29/h3,5-7,9,11,18H,8,10,12-15,30H2,1H3,(H2,31,38)/t18-,25-. The molecule has 1 saturated heterocycles. The Morgan fingerprint density at radius 1 is 1.21 bits per heavy atom. The van der Waals surface area contributed by atoms with Gasteiger partial charge in [0.05, 0.1) is 18.2 Å². The molecule has 2 aliphatic rings. The van der Waals surface area contributed by atoms with E-state index in [1.54, 1.807) is 34.8 Å². The summed E-state index contributed by atoms with van der Waals surface area (Å²) in [6.07, 6.45) is -0.510. The van der Waals surface area contributed by atoms with Crippen LogP contribution in [0.1, 0.15) is 53.7 Å². The minimum atomic E-state index is -4.44. The quantitative estimate of drug-likeness (QED) is 0.496. The van der Waals surface area contributed by atoms with E-state index in [9.17, 15) is 22.8 Å². The number of rotatable bonds is 5. The third kappa shape index (κ3) is 4.60. The lowest BCUT2D eigenvalue weighted by atomic mass is 9.65. The van der Waals surface area contributed by atoms with E-state index in [-0.39, 0.29) is 41.0 Å². The van der Waals surface area contributed by atoms with Crippen LogP contribution >= 0.6 is 0 Å². The lowest BCUT2D eigenvalue weighted by Gasteiger charge is -2.45. The second kappa shape index (κ2) is 9.24. The molecule has 3 aromatic rings. The van der Waals surface area contributed by atoms with E-state index in [4.69, 9.17) is 11.5 Å². The fourth-order valence-corrected chi connectivity index (χ4v) is 5.50. The minimum absolute atomic E-state index is 0.0340. The Bertz CT molecular complexity index is 1470. The third-order valence-electron chi connectivity index (χ3n) is 7.32. The van der Waals surface area contributed by atoms with Gasteiger partial charge in [0.15, 0.2) is 0 Å². The van der Waals surface area contributed by atoms with Crippen molar-refractivity contribution in [3.8, 4) is 23.2 Å². The number of aromatic nitrogens is 4. The van der Waals surface area contributed by atoms with Crippen LogP contribution in [0.5, 0.6) is 0 Å². The molecule has 38 heavy (non-hydrogen) atoms. The van der Waals surface area contributed by atoms with Gasteiger partial charge in [-0.1, -0.05) is 18.1 Å². The van der Waals surface area contributed by atoms with Crippen LogP contribution in [-0.4, -0.2) is 49.4 Å². The van der Waals surface area contributed by atoms with Crippen molar-refractivity contribution >= 4 is 17.6 Å². The highest BCUT2D eigenvalue weighted by Crippen LogP contribution is 2.54. The average Bonchev–Trinajstić information content (AvgIpc) is 3.55. The van der Waals surface area contributed by atoms with Gasteiger partial charge in [-0.25, -0.2) is 4.68 Å². The second-order valence-corrected chi connectivity index (χ2v) is 9.93. The van der Waals surface area contributed by atoms with Gasteiger partial charge in [0.2, 0.25) is 0 Å². The molecular formula is C26H26F3N7O2. The summed E-state index contributed by atoms with van der Waals surface area (Å²) in [6.45, 7) is 2.99. The number of likely N-dealkylation sites (tertiary alicyclic amines) is 1. The van der Waals surface area contributed by atoms with Gasteiger partial charge >= 0.3 is 6.18 Å². The van der Waals surface area contributed by atoms with E-state index in [0.717, 1.165) is 31.4 Å². The largest absolute Gasteiger partial charge is 0.416 e. The monoisotopic (exact) mass is 525 g/mol. The van der Waals surface area contributed by atoms with E-state index >= 15 is 0 Å². The number of anilines is 1. The van der Waals surface area contributed by atoms with Crippen molar-refractivity contribution in [2.24, 2.45) is 11.1 Å². The molecule has 2 aromatic heterocycles. The number of nitrogen functional groups attached to an aromatic ring is 1. The maximum Gasteiger partial charge on any atom is 0.416 e. The zero-order chi connectivity index (χ0) is 27.2. The summed E-state index contributed by atoms with van der Waals surface area (Å²) in [5.74, 6) is 4.44. The molecule has 9 nitrogen and oxygen atoms in total. The summed E-state index contributed by atoms with van der Waals surface area (Å²) in [7, 11) is 0. The van der Waals surface area contributed by atoms with E-state index < -0.39 is 17.6 Å². The summed E-state index contributed by atoms with van der Waals surface area (Å²) >= 11 is 0. The number of benzene rings is 1. The molecular weight excluding hydrogens is 499 g/mol. The Morgan fingerprint density at radius 2 is 1.97 bits per heavy atom. The first-order valence-corrected chi connectivity index (χ1v) is 12.1. The molecule has 1 aromatic carbocycles. The van der Waals surface area contributed by atoms with Gasteiger partial charge in [0.1, 0.15) is 22.8 Å². The second-order valence-electron chi connectivity index (χ2n) is 9.93.